The lowest BCUT2D eigenvalue weighted by molar-refractivity contribution is 0.196. The van der Waals surface area contributed by atoms with Crippen molar-refractivity contribution in [3.63, 3.8) is 0 Å². The highest BCUT2D eigenvalue weighted by Gasteiger charge is 2.22. The van der Waals surface area contributed by atoms with Gasteiger partial charge in [0.25, 0.3) is 0 Å². The highest BCUT2D eigenvalue weighted by molar-refractivity contribution is 14.0. The summed E-state index contributed by atoms with van der Waals surface area (Å²) < 4.78 is 16.8. The first-order chi connectivity index (χ1) is 14.2. The zero-order chi connectivity index (χ0) is 20.5. The maximum Gasteiger partial charge on any atom is 0.191 e. The van der Waals surface area contributed by atoms with Crippen LogP contribution in [0.15, 0.2) is 47.5 Å². The molecule has 0 aromatic heterocycles. The minimum Gasteiger partial charge on any atom is -0.493 e. The van der Waals surface area contributed by atoms with Crippen LogP contribution in [0.4, 0.5) is 0 Å². The quantitative estimate of drug-likeness (QED) is 0.264. The van der Waals surface area contributed by atoms with Crippen LogP contribution in [0, 0.1) is 0 Å². The number of aliphatic imine (C=N–C) groups is 1. The molecule has 3 N–H and O–H groups in total. The van der Waals surface area contributed by atoms with Crippen molar-refractivity contribution in [1.29, 1.82) is 0 Å². The fourth-order valence-electron chi connectivity index (χ4n) is 3.18. The maximum absolute atomic E-state index is 8.92. The summed E-state index contributed by atoms with van der Waals surface area (Å²) in [6.07, 6.45) is 0.994. The molecule has 164 valence electrons. The van der Waals surface area contributed by atoms with Crippen molar-refractivity contribution in [2.45, 2.75) is 26.0 Å². The summed E-state index contributed by atoms with van der Waals surface area (Å²) in [4.78, 5) is 4.66. The normalized spacial score (nSPS) is 14.9. The molecule has 0 radical (unpaired) electrons. The molecule has 1 aliphatic heterocycles. The topological polar surface area (TPSA) is 84.3 Å². The molecule has 7 nitrogen and oxygen atoms in total. The predicted octanol–water partition coefficient (Wildman–Crippen LogP) is 2.74. The number of para-hydroxylation sites is 1. The van der Waals surface area contributed by atoms with E-state index in [1.807, 2.05) is 43.3 Å². The summed E-state index contributed by atoms with van der Waals surface area (Å²) >= 11 is 0. The monoisotopic (exact) mass is 527 g/mol. The number of ether oxygens (including phenoxy) is 3. The standard InChI is InChI=1S/C22H29N3O4.HI/c1-3-23-22(25-15-18-13-17-6-4-5-7-19(17)29-18)24-14-16-8-9-20(28-11-10-26)21(12-16)27-2;/h4-9,12,18,26H,3,10-11,13-15H2,1-2H3,(H2,23,24,25);1H. The van der Waals surface area contributed by atoms with E-state index in [9.17, 15) is 0 Å². The number of hydrogen-bond donors (Lipinski definition) is 3. The van der Waals surface area contributed by atoms with Crippen molar-refractivity contribution in [3.05, 3.63) is 53.6 Å². The summed E-state index contributed by atoms with van der Waals surface area (Å²) in [7, 11) is 1.60. The van der Waals surface area contributed by atoms with E-state index < -0.39 is 0 Å². The van der Waals surface area contributed by atoms with Crippen molar-refractivity contribution < 1.29 is 19.3 Å². The zero-order valence-corrected chi connectivity index (χ0v) is 19.7. The third-order valence-electron chi connectivity index (χ3n) is 4.55. The van der Waals surface area contributed by atoms with E-state index in [-0.39, 0.29) is 43.3 Å². The Balaban J connectivity index is 0.00000320. The number of hydrogen-bond acceptors (Lipinski definition) is 5. The van der Waals surface area contributed by atoms with Gasteiger partial charge < -0.3 is 30.0 Å². The summed E-state index contributed by atoms with van der Waals surface area (Å²) in [5.74, 6) is 2.95. The van der Waals surface area contributed by atoms with E-state index in [1.54, 1.807) is 7.11 Å². The lowest BCUT2D eigenvalue weighted by Gasteiger charge is -2.15. The molecule has 0 aliphatic carbocycles. The van der Waals surface area contributed by atoms with Crippen LogP contribution in [-0.4, -0.2) is 50.6 Å². The number of methoxy groups -OCH3 is 1. The van der Waals surface area contributed by atoms with E-state index >= 15 is 0 Å². The molecular weight excluding hydrogens is 497 g/mol. The first kappa shape index (κ1) is 24.1. The highest BCUT2D eigenvalue weighted by Crippen LogP contribution is 2.29. The van der Waals surface area contributed by atoms with Gasteiger partial charge in [-0.15, -0.1) is 24.0 Å². The number of nitrogens with zero attached hydrogens (tertiary/aromatic N) is 1. The van der Waals surface area contributed by atoms with Gasteiger partial charge in [0.15, 0.2) is 17.5 Å². The summed E-state index contributed by atoms with van der Waals surface area (Å²) in [6.45, 7) is 4.18. The molecule has 3 rings (SSSR count). The highest BCUT2D eigenvalue weighted by atomic mass is 127. The molecular formula is C22H30IN3O4. The number of guanidine groups is 1. The van der Waals surface area contributed by atoms with Crippen molar-refractivity contribution in [3.8, 4) is 17.2 Å². The van der Waals surface area contributed by atoms with Gasteiger partial charge in [-0.1, -0.05) is 24.3 Å². The molecule has 1 aliphatic rings. The Morgan fingerprint density at radius 2 is 2.03 bits per heavy atom. The largest absolute Gasteiger partial charge is 0.493 e. The Kier molecular flexibility index (Phi) is 10.0. The molecule has 1 atom stereocenters. The molecule has 1 heterocycles. The van der Waals surface area contributed by atoms with Crippen LogP contribution in [0.3, 0.4) is 0 Å². The Bertz CT molecular complexity index is 807. The number of aliphatic hydroxyl groups excluding tert-OH is 1. The number of benzene rings is 2. The molecule has 8 heteroatoms. The van der Waals surface area contributed by atoms with Crippen LogP contribution in [0.5, 0.6) is 17.2 Å². The third-order valence-corrected chi connectivity index (χ3v) is 4.55. The average molecular weight is 527 g/mol. The molecule has 0 bridgehead atoms. The summed E-state index contributed by atoms with van der Waals surface area (Å²) in [5, 5.41) is 15.5. The van der Waals surface area contributed by atoms with Crippen molar-refractivity contribution in [1.82, 2.24) is 10.6 Å². The second kappa shape index (κ2) is 12.5. The molecule has 0 amide bonds. The van der Waals surface area contributed by atoms with Crippen LogP contribution < -0.4 is 24.8 Å². The van der Waals surface area contributed by atoms with Gasteiger partial charge in [0.1, 0.15) is 18.5 Å². The van der Waals surface area contributed by atoms with Gasteiger partial charge in [0.05, 0.1) is 26.8 Å². The van der Waals surface area contributed by atoms with Crippen LogP contribution in [-0.2, 0) is 13.0 Å². The van der Waals surface area contributed by atoms with E-state index in [4.69, 9.17) is 19.3 Å². The van der Waals surface area contributed by atoms with E-state index in [2.05, 4.69) is 21.7 Å². The van der Waals surface area contributed by atoms with Crippen LogP contribution in [0.2, 0.25) is 0 Å². The molecule has 30 heavy (non-hydrogen) atoms. The van der Waals surface area contributed by atoms with Gasteiger partial charge >= 0.3 is 0 Å². The van der Waals surface area contributed by atoms with Crippen molar-refractivity contribution in [2.24, 2.45) is 4.99 Å². The lowest BCUT2D eigenvalue weighted by atomic mass is 10.1. The van der Waals surface area contributed by atoms with E-state index in [0.29, 0.717) is 24.6 Å². The number of rotatable bonds is 9. The van der Waals surface area contributed by atoms with Gasteiger partial charge in [0.2, 0.25) is 0 Å². The van der Waals surface area contributed by atoms with Crippen LogP contribution in [0.25, 0.3) is 0 Å². The fraction of sp³-hybridized carbons (Fsp3) is 0.409. The van der Waals surface area contributed by atoms with Crippen molar-refractivity contribution in [2.75, 3.05) is 33.4 Å². The number of fused-ring (bicyclic) bond motifs is 1. The number of halogens is 1. The predicted molar refractivity (Wildman–Crippen MR) is 128 cm³/mol. The Morgan fingerprint density at radius 1 is 1.20 bits per heavy atom. The zero-order valence-electron chi connectivity index (χ0n) is 17.4. The van der Waals surface area contributed by atoms with Crippen LogP contribution in [0.1, 0.15) is 18.1 Å². The molecule has 0 fully saturated rings. The van der Waals surface area contributed by atoms with E-state index in [1.165, 1.54) is 5.56 Å². The summed E-state index contributed by atoms with van der Waals surface area (Å²) in [5.41, 5.74) is 2.25. The van der Waals surface area contributed by atoms with Gasteiger partial charge in [-0.05, 0) is 36.2 Å². The molecule has 0 saturated carbocycles. The molecule has 1 unspecified atom stereocenters. The van der Waals surface area contributed by atoms with Crippen LogP contribution >= 0.6 is 24.0 Å². The van der Waals surface area contributed by atoms with Gasteiger partial charge in [-0.25, -0.2) is 4.99 Å². The van der Waals surface area contributed by atoms with Gasteiger partial charge in [0, 0.05) is 13.0 Å². The summed E-state index contributed by atoms with van der Waals surface area (Å²) in [6, 6.07) is 13.8. The molecule has 0 spiro atoms. The molecule has 2 aromatic carbocycles. The van der Waals surface area contributed by atoms with Gasteiger partial charge in [-0.2, -0.15) is 0 Å². The number of aliphatic hydroxyl groups is 1. The Morgan fingerprint density at radius 3 is 2.77 bits per heavy atom. The third kappa shape index (κ3) is 6.66. The number of nitrogens with one attached hydrogen (secondary N) is 2. The Labute approximate surface area is 194 Å². The smallest absolute Gasteiger partial charge is 0.191 e. The SMILES string of the molecule is CCNC(=NCc1ccc(OCCO)c(OC)c1)NCC1Cc2ccccc2O1.I. The molecule has 0 saturated heterocycles. The second-order valence-corrected chi connectivity index (χ2v) is 6.69. The Hall–Kier alpha value is -2.20. The minimum atomic E-state index is -0.0390. The van der Waals surface area contributed by atoms with Crippen molar-refractivity contribution >= 4 is 29.9 Å². The second-order valence-electron chi connectivity index (χ2n) is 6.69. The minimum absolute atomic E-state index is 0. The first-order valence-corrected chi connectivity index (χ1v) is 9.90. The maximum atomic E-state index is 8.92. The lowest BCUT2D eigenvalue weighted by Crippen LogP contribution is -2.42. The fourth-order valence-corrected chi connectivity index (χ4v) is 3.18. The first-order valence-electron chi connectivity index (χ1n) is 9.90. The van der Waals surface area contributed by atoms with Gasteiger partial charge in [-0.3, -0.25) is 0 Å². The van der Waals surface area contributed by atoms with E-state index in [0.717, 1.165) is 30.2 Å². The molecule has 2 aromatic rings. The average Bonchev–Trinajstić information content (AvgIpc) is 3.17.